The van der Waals surface area contributed by atoms with E-state index in [1.54, 1.807) is 12.1 Å². The van der Waals surface area contributed by atoms with Crippen LogP contribution in [-0.4, -0.2) is 18.5 Å². The lowest BCUT2D eigenvalue weighted by molar-refractivity contribution is 0.371. The zero-order chi connectivity index (χ0) is 20.6. The highest BCUT2D eigenvalue weighted by Crippen LogP contribution is 2.37. The van der Waals surface area contributed by atoms with Gasteiger partial charge in [-0.05, 0) is 49.2 Å². The van der Waals surface area contributed by atoms with E-state index in [0.717, 1.165) is 32.4 Å². The van der Waals surface area contributed by atoms with Crippen LogP contribution >= 0.6 is 15.9 Å². The second-order valence-electron chi connectivity index (χ2n) is 7.27. The van der Waals surface area contributed by atoms with E-state index in [1.165, 1.54) is 4.41 Å². The molecule has 0 bridgehead atoms. The Labute approximate surface area is 180 Å². The third kappa shape index (κ3) is 4.00. The Kier molecular flexibility index (Phi) is 5.32. The molecule has 1 heterocycles. The fraction of sp³-hybridized carbons (Fsp3) is 0.174. The number of hydrogen-bond acceptors (Lipinski definition) is 3. The average molecular weight is 469 g/mol. The van der Waals surface area contributed by atoms with E-state index >= 15 is 0 Å². The number of sulfonamides is 1. The minimum Gasteiger partial charge on any atom is -0.200 e. The maximum Gasteiger partial charge on any atom is 0.279 e. The van der Waals surface area contributed by atoms with Crippen molar-refractivity contribution in [1.29, 1.82) is 0 Å². The van der Waals surface area contributed by atoms with E-state index in [-0.39, 0.29) is 10.9 Å². The van der Waals surface area contributed by atoms with Crippen LogP contribution in [0, 0.1) is 13.8 Å². The first-order valence-electron chi connectivity index (χ1n) is 9.36. The summed E-state index contributed by atoms with van der Waals surface area (Å²) in [5.74, 6) is 0. The summed E-state index contributed by atoms with van der Waals surface area (Å²) in [5.41, 5.74) is 4.79. The highest BCUT2D eigenvalue weighted by atomic mass is 79.9. The fourth-order valence-corrected chi connectivity index (χ4v) is 5.08. The minimum atomic E-state index is -3.78. The first kappa shape index (κ1) is 19.9. The van der Waals surface area contributed by atoms with Crippen molar-refractivity contribution < 1.29 is 8.42 Å². The topological polar surface area (TPSA) is 49.7 Å². The summed E-state index contributed by atoms with van der Waals surface area (Å²) in [7, 11) is -3.78. The molecule has 4 rings (SSSR count). The Morgan fingerprint density at radius 1 is 0.862 bits per heavy atom. The Balaban J connectivity index is 1.79. The fourth-order valence-electron chi connectivity index (χ4n) is 3.38. The van der Waals surface area contributed by atoms with Crippen LogP contribution in [0.3, 0.4) is 0 Å². The molecule has 148 valence electrons. The number of hydrogen-bond donors (Lipinski definition) is 0. The van der Waals surface area contributed by atoms with E-state index in [9.17, 15) is 8.42 Å². The van der Waals surface area contributed by atoms with E-state index in [0.29, 0.717) is 6.42 Å². The molecule has 0 saturated carbocycles. The van der Waals surface area contributed by atoms with Crippen LogP contribution in [-0.2, 0) is 10.0 Å². The lowest BCUT2D eigenvalue weighted by atomic mass is 9.99. The predicted octanol–water partition coefficient (Wildman–Crippen LogP) is 5.61. The molecule has 29 heavy (non-hydrogen) atoms. The normalized spacial score (nSPS) is 16.7. The van der Waals surface area contributed by atoms with Gasteiger partial charge < -0.3 is 0 Å². The first-order valence-corrected chi connectivity index (χ1v) is 11.6. The standard InChI is InChI=1S/C23H21BrN2O2S/c1-16-3-7-18(8-4-16)22-15-23(19-9-11-20(24)12-10-19)26(25-22)29(27,28)21-13-5-17(2)6-14-21/h3-14,23H,15H2,1-2H3/t23-/m0/s1. The van der Waals surface area contributed by atoms with Gasteiger partial charge in [-0.25, -0.2) is 0 Å². The summed E-state index contributed by atoms with van der Waals surface area (Å²) in [5, 5.41) is 4.59. The van der Waals surface area contributed by atoms with Gasteiger partial charge in [-0.2, -0.15) is 17.9 Å². The van der Waals surface area contributed by atoms with Crippen molar-refractivity contribution in [3.8, 4) is 0 Å². The number of benzene rings is 3. The monoisotopic (exact) mass is 468 g/mol. The van der Waals surface area contributed by atoms with Gasteiger partial charge in [-0.1, -0.05) is 75.6 Å². The molecule has 0 saturated heterocycles. The molecule has 1 atom stereocenters. The third-order valence-electron chi connectivity index (χ3n) is 5.08. The van der Waals surface area contributed by atoms with Gasteiger partial charge >= 0.3 is 0 Å². The van der Waals surface area contributed by atoms with Gasteiger partial charge in [0.05, 0.1) is 16.6 Å². The van der Waals surface area contributed by atoms with Gasteiger partial charge in [0, 0.05) is 10.9 Å². The van der Waals surface area contributed by atoms with E-state index < -0.39 is 10.0 Å². The molecule has 0 aliphatic carbocycles. The van der Waals surface area contributed by atoms with Crippen LogP contribution in [0.4, 0.5) is 0 Å². The van der Waals surface area contributed by atoms with Crippen molar-refractivity contribution in [1.82, 2.24) is 4.41 Å². The van der Waals surface area contributed by atoms with Gasteiger partial charge in [0.1, 0.15) is 0 Å². The Morgan fingerprint density at radius 3 is 2.00 bits per heavy atom. The highest BCUT2D eigenvalue weighted by Gasteiger charge is 2.37. The zero-order valence-electron chi connectivity index (χ0n) is 16.2. The first-order chi connectivity index (χ1) is 13.8. The number of rotatable bonds is 4. The summed E-state index contributed by atoms with van der Waals surface area (Å²) in [6.45, 7) is 3.96. The van der Waals surface area contributed by atoms with Crippen LogP contribution in [0.2, 0.25) is 0 Å². The molecule has 4 nitrogen and oxygen atoms in total. The smallest absolute Gasteiger partial charge is 0.200 e. The molecule has 0 fully saturated rings. The quantitative estimate of drug-likeness (QED) is 0.499. The van der Waals surface area contributed by atoms with Gasteiger partial charge in [0.2, 0.25) is 0 Å². The minimum absolute atomic E-state index is 0.249. The molecule has 3 aromatic rings. The highest BCUT2D eigenvalue weighted by molar-refractivity contribution is 9.10. The van der Waals surface area contributed by atoms with Gasteiger partial charge in [-0.15, -0.1) is 0 Å². The average Bonchev–Trinajstić information content (AvgIpc) is 3.16. The number of aryl methyl sites for hydroxylation is 2. The SMILES string of the molecule is Cc1ccc(C2=NN(S(=O)(=O)c3ccc(C)cc3)[C@H](c3ccc(Br)cc3)C2)cc1. The molecule has 6 heteroatoms. The van der Waals surface area contributed by atoms with Gasteiger partial charge in [-0.3, -0.25) is 0 Å². The summed E-state index contributed by atoms with van der Waals surface area (Å²) in [4.78, 5) is 0.249. The van der Waals surface area contributed by atoms with Crippen LogP contribution < -0.4 is 0 Å². The molecule has 0 spiro atoms. The molecule has 0 unspecified atom stereocenters. The third-order valence-corrected chi connectivity index (χ3v) is 7.30. The summed E-state index contributed by atoms with van der Waals surface area (Å²) < 4.78 is 29.1. The Hall–Kier alpha value is -2.44. The van der Waals surface area contributed by atoms with E-state index in [2.05, 4.69) is 21.0 Å². The molecular weight excluding hydrogens is 448 g/mol. The van der Waals surface area contributed by atoms with Crippen LogP contribution in [0.25, 0.3) is 0 Å². The van der Waals surface area contributed by atoms with Crippen LogP contribution in [0.15, 0.2) is 87.3 Å². The molecule has 0 N–H and O–H groups in total. The lowest BCUT2D eigenvalue weighted by Gasteiger charge is -2.23. The van der Waals surface area contributed by atoms with Gasteiger partial charge in [0.15, 0.2) is 0 Å². The second-order valence-corrected chi connectivity index (χ2v) is 9.99. The molecule has 0 radical (unpaired) electrons. The van der Waals surface area contributed by atoms with Gasteiger partial charge in [0.25, 0.3) is 10.0 Å². The summed E-state index contributed by atoms with van der Waals surface area (Å²) in [6, 6.07) is 22.3. The molecule has 3 aromatic carbocycles. The molecule has 1 aliphatic rings. The maximum atomic E-state index is 13.4. The van der Waals surface area contributed by atoms with Crippen molar-refractivity contribution in [2.45, 2.75) is 31.2 Å². The van der Waals surface area contributed by atoms with E-state index in [4.69, 9.17) is 0 Å². The Morgan fingerprint density at radius 2 is 1.41 bits per heavy atom. The zero-order valence-corrected chi connectivity index (χ0v) is 18.6. The van der Waals surface area contributed by atoms with Crippen molar-refractivity contribution in [3.05, 3.63) is 99.5 Å². The van der Waals surface area contributed by atoms with Crippen molar-refractivity contribution in [2.75, 3.05) is 0 Å². The molecule has 0 aromatic heterocycles. The largest absolute Gasteiger partial charge is 0.279 e. The second kappa shape index (κ2) is 7.76. The van der Waals surface area contributed by atoms with Crippen molar-refractivity contribution in [2.24, 2.45) is 5.10 Å². The molecule has 1 aliphatic heterocycles. The van der Waals surface area contributed by atoms with Crippen molar-refractivity contribution >= 4 is 31.7 Å². The van der Waals surface area contributed by atoms with Crippen LogP contribution in [0.1, 0.15) is 34.7 Å². The summed E-state index contributed by atoms with van der Waals surface area (Å²) in [6.07, 6.45) is 0.524. The number of hydrazone groups is 1. The Bertz CT molecular complexity index is 1150. The van der Waals surface area contributed by atoms with Crippen LogP contribution in [0.5, 0.6) is 0 Å². The number of nitrogens with zero attached hydrogens (tertiary/aromatic N) is 2. The lowest BCUT2D eigenvalue weighted by Crippen LogP contribution is -2.27. The summed E-state index contributed by atoms with van der Waals surface area (Å²) >= 11 is 3.45. The van der Waals surface area contributed by atoms with E-state index in [1.807, 2.05) is 74.5 Å². The maximum absolute atomic E-state index is 13.4. The van der Waals surface area contributed by atoms with Crippen molar-refractivity contribution in [3.63, 3.8) is 0 Å². The molecular formula is C23H21BrN2O2S. The predicted molar refractivity (Wildman–Crippen MR) is 119 cm³/mol. The molecule has 0 amide bonds. The number of halogens is 1.